The first-order valence-electron chi connectivity index (χ1n) is 6.67. The Hall–Kier alpha value is -1.26. The van der Waals surface area contributed by atoms with Crippen LogP contribution >= 0.6 is 0 Å². The van der Waals surface area contributed by atoms with Gasteiger partial charge in [-0.15, -0.1) is 0 Å². The fourth-order valence-corrected chi connectivity index (χ4v) is 1.46. The lowest BCUT2D eigenvalue weighted by Gasteiger charge is -2.19. The number of ether oxygens (including phenoxy) is 3. The summed E-state index contributed by atoms with van der Waals surface area (Å²) in [5.41, 5.74) is 6.28. The Bertz CT molecular complexity index is 361. The number of nitrogen functional groups attached to an aromatic ring is 1. The molecule has 4 nitrogen and oxygen atoms in total. The lowest BCUT2D eigenvalue weighted by molar-refractivity contribution is -0.0357. The van der Waals surface area contributed by atoms with Crippen molar-refractivity contribution in [3.8, 4) is 5.75 Å². The maximum atomic E-state index is 5.66. The highest BCUT2D eigenvalue weighted by molar-refractivity contribution is 5.43. The van der Waals surface area contributed by atoms with Gasteiger partial charge in [0.1, 0.15) is 5.75 Å². The van der Waals surface area contributed by atoms with Crippen LogP contribution in [0.1, 0.15) is 27.2 Å². The summed E-state index contributed by atoms with van der Waals surface area (Å²) in [6.07, 6.45) is 0.852. The van der Waals surface area contributed by atoms with Crippen LogP contribution in [0.4, 0.5) is 5.69 Å². The predicted octanol–water partition coefficient (Wildman–Crippen LogP) is 2.87. The molecule has 1 aromatic rings. The van der Waals surface area contributed by atoms with E-state index in [0.717, 1.165) is 12.2 Å². The molecule has 0 bridgehead atoms. The molecule has 0 amide bonds. The molecule has 0 aromatic heterocycles. The second-order valence-corrected chi connectivity index (χ2v) is 5.35. The minimum Gasteiger partial charge on any atom is -0.493 e. The van der Waals surface area contributed by atoms with Gasteiger partial charge in [0.25, 0.3) is 0 Å². The molecule has 0 spiro atoms. The molecular weight excluding hydrogens is 242 g/mol. The third-order valence-corrected chi connectivity index (χ3v) is 2.32. The van der Waals surface area contributed by atoms with Crippen molar-refractivity contribution < 1.29 is 14.2 Å². The van der Waals surface area contributed by atoms with Crippen molar-refractivity contribution in [1.29, 1.82) is 0 Å². The standard InChI is InChI=1S/C15H25NO3/c1-15(2,3)19-11-10-17-8-5-9-18-14-7-4-6-13(16)12-14/h4,6-7,12H,5,8-11,16H2,1-3H3. The van der Waals surface area contributed by atoms with Crippen LogP contribution in [-0.4, -0.2) is 32.0 Å². The van der Waals surface area contributed by atoms with E-state index < -0.39 is 0 Å². The molecular formula is C15H25NO3. The van der Waals surface area contributed by atoms with Gasteiger partial charge in [0.2, 0.25) is 0 Å². The maximum Gasteiger partial charge on any atom is 0.121 e. The van der Waals surface area contributed by atoms with Crippen LogP contribution in [0.5, 0.6) is 5.75 Å². The normalized spacial score (nSPS) is 11.5. The molecule has 0 aliphatic carbocycles. The molecule has 0 saturated carbocycles. The van der Waals surface area contributed by atoms with Crippen LogP contribution in [0.25, 0.3) is 0 Å². The number of rotatable bonds is 8. The first-order chi connectivity index (χ1) is 8.97. The van der Waals surface area contributed by atoms with Crippen LogP contribution in [0.15, 0.2) is 24.3 Å². The molecule has 0 saturated heterocycles. The molecule has 1 rings (SSSR count). The second kappa shape index (κ2) is 8.02. The Morgan fingerprint density at radius 2 is 1.84 bits per heavy atom. The van der Waals surface area contributed by atoms with E-state index in [1.54, 1.807) is 0 Å². The molecule has 19 heavy (non-hydrogen) atoms. The molecule has 0 unspecified atom stereocenters. The zero-order valence-corrected chi connectivity index (χ0v) is 12.1. The summed E-state index contributed by atoms with van der Waals surface area (Å²) in [6, 6.07) is 7.43. The van der Waals surface area contributed by atoms with E-state index >= 15 is 0 Å². The SMILES string of the molecule is CC(C)(C)OCCOCCCOc1cccc(N)c1. The molecule has 2 N–H and O–H groups in total. The van der Waals surface area contributed by atoms with Crippen LogP contribution in [0.3, 0.4) is 0 Å². The highest BCUT2D eigenvalue weighted by Crippen LogP contribution is 2.14. The number of nitrogens with two attached hydrogens (primary N) is 1. The van der Waals surface area contributed by atoms with E-state index in [1.807, 2.05) is 45.0 Å². The van der Waals surface area contributed by atoms with Gasteiger partial charge < -0.3 is 19.9 Å². The average molecular weight is 267 g/mol. The Morgan fingerprint density at radius 1 is 1.05 bits per heavy atom. The highest BCUT2D eigenvalue weighted by Gasteiger charge is 2.08. The van der Waals surface area contributed by atoms with Gasteiger partial charge in [0.05, 0.1) is 25.4 Å². The second-order valence-electron chi connectivity index (χ2n) is 5.35. The summed E-state index contributed by atoms with van der Waals surface area (Å²) in [7, 11) is 0. The Labute approximate surface area is 115 Å². The molecule has 0 atom stereocenters. The topological polar surface area (TPSA) is 53.7 Å². The largest absolute Gasteiger partial charge is 0.493 e. The predicted molar refractivity (Wildman–Crippen MR) is 77.5 cm³/mol. The fourth-order valence-electron chi connectivity index (χ4n) is 1.46. The van der Waals surface area contributed by atoms with Gasteiger partial charge in [-0.2, -0.15) is 0 Å². The summed E-state index contributed by atoms with van der Waals surface area (Å²) in [6.45, 7) is 8.65. The smallest absolute Gasteiger partial charge is 0.121 e. The number of hydrogen-bond acceptors (Lipinski definition) is 4. The average Bonchev–Trinajstić information content (AvgIpc) is 2.31. The molecule has 0 fully saturated rings. The minimum absolute atomic E-state index is 0.0975. The van der Waals surface area contributed by atoms with E-state index in [2.05, 4.69) is 0 Å². The van der Waals surface area contributed by atoms with Crippen LogP contribution in [0.2, 0.25) is 0 Å². The quantitative estimate of drug-likeness (QED) is 0.581. The van der Waals surface area contributed by atoms with Crippen molar-refractivity contribution in [3.05, 3.63) is 24.3 Å². The van der Waals surface area contributed by atoms with Crippen molar-refractivity contribution in [2.75, 3.05) is 32.2 Å². The van der Waals surface area contributed by atoms with Crippen LogP contribution < -0.4 is 10.5 Å². The van der Waals surface area contributed by atoms with Gasteiger partial charge in [0.15, 0.2) is 0 Å². The molecule has 4 heteroatoms. The third-order valence-electron chi connectivity index (χ3n) is 2.32. The monoisotopic (exact) mass is 267 g/mol. The molecule has 0 radical (unpaired) electrons. The van der Waals surface area contributed by atoms with E-state index in [0.29, 0.717) is 32.1 Å². The van der Waals surface area contributed by atoms with Crippen molar-refractivity contribution in [2.24, 2.45) is 0 Å². The molecule has 0 aliphatic rings. The summed E-state index contributed by atoms with van der Waals surface area (Å²) in [5, 5.41) is 0. The van der Waals surface area contributed by atoms with Crippen molar-refractivity contribution in [2.45, 2.75) is 32.8 Å². The molecule has 0 aliphatic heterocycles. The van der Waals surface area contributed by atoms with Gasteiger partial charge in [0, 0.05) is 24.8 Å². The summed E-state index contributed by atoms with van der Waals surface area (Å²) in [4.78, 5) is 0. The Balaban J connectivity index is 1.97. The number of hydrogen-bond donors (Lipinski definition) is 1. The van der Waals surface area contributed by atoms with E-state index in [-0.39, 0.29) is 5.60 Å². The van der Waals surface area contributed by atoms with Gasteiger partial charge in [-0.25, -0.2) is 0 Å². The van der Waals surface area contributed by atoms with Crippen LogP contribution in [0, 0.1) is 0 Å². The summed E-state index contributed by atoms with van der Waals surface area (Å²) >= 11 is 0. The molecule has 108 valence electrons. The molecule has 0 heterocycles. The van der Waals surface area contributed by atoms with Gasteiger partial charge in [-0.3, -0.25) is 0 Å². The van der Waals surface area contributed by atoms with Crippen molar-refractivity contribution in [1.82, 2.24) is 0 Å². The highest BCUT2D eigenvalue weighted by atomic mass is 16.5. The first kappa shape index (κ1) is 15.8. The first-order valence-corrected chi connectivity index (χ1v) is 6.67. The summed E-state index contributed by atoms with van der Waals surface area (Å²) in [5.74, 6) is 0.802. The van der Waals surface area contributed by atoms with E-state index in [4.69, 9.17) is 19.9 Å². The lowest BCUT2D eigenvalue weighted by atomic mass is 10.2. The maximum absolute atomic E-state index is 5.66. The minimum atomic E-state index is -0.0975. The summed E-state index contributed by atoms with van der Waals surface area (Å²) < 4.78 is 16.6. The number of benzene rings is 1. The fraction of sp³-hybridized carbons (Fsp3) is 0.600. The Kier molecular flexibility index (Phi) is 6.67. The van der Waals surface area contributed by atoms with E-state index in [1.165, 1.54) is 0 Å². The third kappa shape index (κ3) is 8.46. The van der Waals surface area contributed by atoms with Crippen LogP contribution in [-0.2, 0) is 9.47 Å². The number of anilines is 1. The van der Waals surface area contributed by atoms with Gasteiger partial charge in [-0.05, 0) is 32.9 Å². The van der Waals surface area contributed by atoms with E-state index in [9.17, 15) is 0 Å². The Morgan fingerprint density at radius 3 is 2.53 bits per heavy atom. The van der Waals surface area contributed by atoms with Crippen molar-refractivity contribution in [3.63, 3.8) is 0 Å². The van der Waals surface area contributed by atoms with Gasteiger partial charge >= 0.3 is 0 Å². The zero-order chi connectivity index (χ0) is 14.1. The van der Waals surface area contributed by atoms with Gasteiger partial charge in [-0.1, -0.05) is 6.07 Å². The van der Waals surface area contributed by atoms with Crippen molar-refractivity contribution >= 4 is 5.69 Å². The lowest BCUT2D eigenvalue weighted by Crippen LogP contribution is -2.22. The molecule has 1 aromatic carbocycles. The zero-order valence-electron chi connectivity index (χ0n) is 12.1.